The minimum atomic E-state index is -0.575. The van der Waals surface area contributed by atoms with Gasteiger partial charge in [0.1, 0.15) is 11.6 Å². The number of ketones is 2. The SMILES string of the molecule is COC(=O)NC(C(=O)CC1CCCC(c2ncc(-c3ccc4c(c3)C(C(C)=O)Cc3cc(-c5cnc[nH]5)ccc3CC4)[nH]2)C1)C(C)C. The van der Waals surface area contributed by atoms with Crippen molar-refractivity contribution in [1.29, 1.82) is 0 Å². The summed E-state index contributed by atoms with van der Waals surface area (Å²) in [7, 11) is 1.31. The molecule has 4 unspecified atom stereocenters. The number of fused-ring (bicyclic) bond motifs is 2. The average Bonchev–Trinajstić information content (AvgIpc) is 3.78. The fraction of sp³-hybridized carbons (Fsp3) is 0.447. The van der Waals surface area contributed by atoms with Crippen LogP contribution in [0.3, 0.4) is 0 Å². The first kappa shape index (κ1) is 32.4. The third kappa shape index (κ3) is 7.24. The molecule has 9 nitrogen and oxygen atoms in total. The van der Waals surface area contributed by atoms with Gasteiger partial charge in [0.05, 0.1) is 43.3 Å². The molecule has 0 aliphatic heterocycles. The number of rotatable bonds is 9. The van der Waals surface area contributed by atoms with Crippen LogP contribution in [0.25, 0.3) is 22.5 Å². The summed E-state index contributed by atoms with van der Waals surface area (Å²) in [5.74, 6) is 1.38. The van der Waals surface area contributed by atoms with Gasteiger partial charge in [-0.25, -0.2) is 14.8 Å². The van der Waals surface area contributed by atoms with Crippen LogP contribution in [0, 0.1) is 11.8 Å². The van der Waals surface area contributed by atoms with Crippen LogP contribution in [-0.4, -0.2) is 50.7 Å². The van der Waals surface area contributed by atoms with Crippen molar-refractivity contribution in [2.75, 3.05) is 7.11 Å². The van der Waals surface area contributed by atoms with Crippen LogP contribution < -0.4 is 5.32 Å². The average molecular weight is 636 g/mol. The molecule has 2 heterocycles. The summed E-state index contributed by atoms with van der Waals surface area (Å²) in [5, 5.41) is 2.72. The van der Waals surface area contributed by atoms with Gasteiger partial charge in [0.25, 0.3) is 0 Å². The van der Waals surface area contributed by atoms with Crippen molar-refractivity contribution in [3.63, 3.8) is 0 Å². The van der Waals surface area contributed by atoms with Gasteiger partial charge >= 0.3 is 6.09 Å². The third-order valence-corrected chi connectivity index (χ3v) is 10.2. The van der Waals surface area contributed by atoms with E-state index in [4.69, 9.17) is 9.72 Å². The molecule has 1 amide bonds. The molecule has 2 aromatic heterocycles. The van der Waals surface area contributed by atoms with Crippen molar-refractivity contribution < 1.29 is 19.1 Å². The zero-order valence-electron chi connectivity index (χ0n) is 27.8. The summed E-state index contributed by atoms with van der Waals surface area (Å²) in [6.07, 6.45) is 11.6. The molecule has 2 aliphatic rings. The zero-order valence-corrected chi connectivity index (χ0v) is 27.8. The zero-order chi connectivity index (χ0) is 33.1. The highest BCUT2D eigenvalue weighted by Gasteiger charge is 2.31. The lowest BCUT2D eigenvalue weighted by molar-refractivity contribution is -0.123. The number of benzene rings is 2. The van der Waals surface area contributed by atoms with Crippen molar-refractivity contribution in [3.8, 4) is 22.5 Å². The van der Waals surface area contributed by atoms with Crippen LogP contribution in [0.5, 0.6) is 0 Å². The number of methoxy groups -OCH3 is 1. The fourth-order valence-corrected chi connectivity index (χ4v) is 7.55. The first-order valence-corrected chi connectivity index (χ1v) is 16.9. The third-order valence-electron chi connectivity index (χ3n) is 10.2. The van der Waals surface area contributed by atoms with Crippen LogP contribution in [0.1, 0.15) is 92.8 Å². The number of carbonyl (C=O) groups excluding carboxylic acids is 3. The number of aryl methyl sites for hydroxylation is 2. The lowest BCUT2D eigenvalue weighted by Gasteiger charge is -2.29. The molecule has 47 heavy (non-hydrogen) atoms. The van der Waals surface area contributed by atoms with E-state index in [9.17, 15) is 14.4 Å². The number of nitrogens with one attached hydrogen (secondary N) is 3. The van der Waals surface area contributed by atoms with Gasteiger partial charge in [-0.3, -0.25) is 9.59 Å². The number of nitrogens with zero attached hydrogens (tertiary/aromatic N) is 2. The van der Waals surface area contributed by atoms with Gasteiger partial charge in [-0.15, -0.1) is 0 Å². The molecule has 0 saturated heterocycles. The van der Waals surface area contributed by atoms with E-state index < -0.39 is 12.1 Å². The number of imidazole rings is 2. The van der Waals surface area contributed by atoms with E-state index in [1.807, 2.05) is 26.2 Å². The molecule has 9 heteroatoms. The van der Waals surface area contributed by atoms with Crippen molar-refractivity contribution in [2.24, 2.45) is 11.8 Å². The number of carbonyl (C=O) groups is 3. The molecule has 2 aromatic carbocycles. The summed E-state index contributed by atoms with van der Waals surface area (Å²) in [5.41, 5.74) is 8.83. The molecule has 246 valence electrons. The Kier molecular flexibility index (Phi) is 9.71. The number of ether oxygens (including phenoxy) is 1. The summed E-state index contributed by atoms with van der Waals surface area (Å²) < 4.78 is 4.74. The summed E-state index contributed by atoms with van der Waals surface area (Å²) in [6, 6.07) is 12.5. The Hall–Kier alpha value is -4.53. The number of alkyl carbamates (subject to hydrolysis) is 1. The fourth-order valence-electron chi connectivity index (χ4n) is 7.55. The van der Waals surface area contributed by atoms with Gasteiger partial charge in [-0.2, -0.15) is 0 Å². The first-order valence-electron chi connectivity index (χ1n) is 16.9. The van der Waals surface area contributed by atoms with E-state index in [2.05, 4.69) is 56.7 Å². The van der Waals surface area contributed by atoms with E-state index in [-0.39, 0.29) is 35.2 Å². The maximum absolute atomic E-state index is 13.2. The number of amides is 1. The van der Waals surface area contributed by atoms with E-state index in [0.717, 1.165) is 72.4 Å². The van der Waals surface area contributed by atoms with Crippen molar-refractivity contribution in [1.82, 2.24) is 25.3 Å². The van der Waals surface area contributed by atoms with Gasteiger partial charge in [0.2, 0.25) is 0 Å². The Balaban J connectivity index is 1.19. The first-order chi connectivity index (χ1) is 22.7. The normalized spacial score (nSPS) is 20.0. The lowest BCUT2D eigenvalue weighted by Crippen LogP contribution is -2.45. The second-order valence-corrected chi connectivity index (χ2v) is 13.7. The highest BCUT2D eigenvalue weighted by atomic mass is 16.5. The predicted octanol–water partition coefficient (Wildman–Crippen LogP) is 7.09. The summed E-state index contributed by atoms with van der Waals surface area (Å²) >= 11 is 0. The molecular formula is C38H45N5O4. The molecule has 0 bridgehead atoms. The van der Waals surface area contributed by atoms with Crippen LogP contribution >= 0.6 is 0 Å². The van der Waals surface area contributed by atoms with Gasteiger partial charge in [0.15, 0.2) is 5.78 Å². The molecule has 6 rings (SSSR count). The molecule has 4 aromatic rings. The van der Waals surface area contributed by atoms with Crippen LogP contribution in [0.15, 0.2) is 55.1 Å². The smallest absolute Gasteiger partial charge is 0.407 e. The summed E-state index contributed by atoms with van der Waals surface area (Å²) in [6.45, 7) is 5.58. The molecule has 1 saturated carbocycles. The second kappa shape index (κ2) is 14.1. The number of hydrogen-bond donors (Lipinski definition) is 3. The van der Waals surface area contributed by atoms with Crippen LogP contribution in [0.4, 0.5) is 4.79 Å². The maximum atomic E-state index is 13.2. The highest BCUT2D eigenvalue weighted by molar-refractivity contribution is 5.88. The van der Waals surface area contributed by atoms with E-state index in [1.165, 1.54) is 23.8 Å². The Labute approximate surface area is 276 Å². The molecule has 3 N–H and O–H groups in total. The Morgan fingerprint density at radius 2 is 1.74 bits per heavy atom. The second-order valence-electron chi connectivity index (χ2n) is 13.7. The molecule has 0 radical (unpaired) electrons. The van der Waals surface area contributed by atoms with Gasteiger partial charge < -0.3 is 20.0 Å². The Morgan fingerprint density at radius 3 is 2.47 bits per heavy atom. The maximum Gasteiger partial charge on any atom is 0.407 e. The topological polar surface area (TPSA) is 130 Å². The number of H-pyrrole nitrogens is 2. The van der Waals surface area contributed by atoms with Crippen LogP contribution in [0.2, 0.25) is 0 Å². The van der Waals surface area contributed by atoms with Crippen molar-refractivity contribution in [2.45, 2.75) is 90.0 Å². The minimum Gasteiger partial charge on any atom is -0.453 e. The largest absolute Gasteiger partial charge is 0.453 e. The van der Waals surface area contributed by atoms with E-state index in [0.29, 0.717) is 12.8 Å². The van der Waals surface area contributed by atoms with Crippen molar-refractivity contribution in [3.05, 3.63) is 83.2 Å². The quantitative estimate of drug-likeness (QED) is 0.180. The molecule has 0 spiro atoms. The number of aromatic amines is 2. The van der Waals surface area contributed by atoms with Gasteiger partial charge in [-0.05, 0) is 103 Å². The van der Waals surface area contributed by atoms with Gasteiger partial charge in [-0.1, -0.05) is 44.5 Å². The predicted molar refractivity (Wildman–Crippen MR) is 181 cm³/mol. The summed E-state index contributed by atoms with van der Waals surface area (Å²) in [4.78, 5) is 54.0. The van der Waals surface area contributed by atoms with E-state index in [1.54, 1.807) is 13.3 Å². The number of hydrogen-bond acceptors (Lipinski definition) is 6. The molecule has 2 aliphatic carbocycles. The monoisotopic (exact) mass is 635 g/mol. The minimum absolute atomic E-state index is 0.0179. The molecular weight excluding hydrogens is 590 g/mol. The number of aromatic nitrogens is 4. The molecule has 4 atom stereocenters. The molecule has 1 fully saturated rings. The Morgan fingerprint density at radius 1 is 0.979 bits per heavy atom. The highest BCUT2D eigenvalue weighted by Crippen LogP contribution is 2.39. The van der Waals surface area contributed by atoms with Gasteiger partial charge in [0, 0.05) is 18.3 Å². The van der Waals surface area contributed by atoms with Crippen LogP contribution in [-0.2, 0) is 33.6 Å². The van der Waals surface area contributed by atoms with Crippen molar-refractivity contribution >= 4 is 17.7 Å². The standard InChI is InChI=1S/C38H45N5O4/c1-22(2)36(43-38(46)47-4)35(45)15-24-6-5-7-29(14-24)37-40-20-34(42-37)28-13-11-26-10-8-25-9-12-27(33-19-39-21-41-33)16-30(25)18-31(23(3)44)32(26)17-28/h9,11-13,16-17,19-22,24,29,31,36H,5-8,10,14-15,18H2,1-4H3,(H,39,41)(H,40,42)(H,43,46). The Bertz CT molecular complexity index is 1740. The number of Topliss-reactive ketones (excluding diaryl/α,β-unsaturated/α-hetero) is 2. The lowest BCUT2D eigenvalue weighted by atomic mass is 9.77. The van der Waals surface area contributed by atoms with E-state index >= 15 is 0 Å².